The molecule has 634 valence electrons. The molecule has 6 aromatic rings. The standard InChI is InChI=1S/C22H18F3N3O4.C17H21NO2.C16H19NO2.C11H13NO2.C8H11N.C5H6.C4H8O4.C2H4O4.CH4O.CH4.H2S/c23-8-1-14(24)12(15(25)2-8)5-26-21(31)13-6-27-7-17-11-4-16(10-3-9(10)11)28(17)22(32)18(27)20(30)19(13)29;1-10(11-6-4-3-5-7-11)18-15-9-14(12-8-13(12)15)16(18)17(19)20-2;1-11(12-6-4-3-5-7-12)17-14-9-8-13(10-14)15(17)16(18)19-2;1-9(12-8-11(13)14-2)10-6-4-3-5-7-10;1-7(9)8-5-3-2-4-6-8;1-2-4-5-3-1;1-7-3(5)4(6)8-2;3-1(4)2(5)6;1-2;;/h1-2,6,9-11,16-17,30H,3-5,7H2,(H,26,31);3-7,10,12-16H,8-9H2,1-2H3;3-9,11,13-15H,10H2,1-2H3;3-9H,1-2H3;2-7H,9H2,1H3;1-4H,5H2;3,5H,1-2H3;1,3-4H,(H,5,6);2H,1H3;1H4;1H2/t9-,10+,11?,16?,17+;10-,12+,13-,14?,15?,16+;11-,13+,14-,15+;9-;7-;;;;;;/m10000....../s1. The summed E-state index contributed by atoms with van der Waals surface area (Å²) in [6.07, 6.45) is 18.2. The second kappa shape index (κ2) is 45.0. The van der Waals surface area contributed by atoms with Crippen molar-refractivity contribution in [2.24, 2.45) is 52.2 Å². The minimum atomic E-state index is -2.23. The molecule has 30 heteroatoms. The SMILES string of the molecule is C.C1=CCC=C1.CO.COC(=O)C(O)OC.COC(=O)C=N[C@@H](C)c1ccccc1.COC(=O)[C@H]1C2CC([C@H]3C[C@@H]23)N1[C@@H](C)c1ccccc1.COC(=O)[C@H]1[C@@H]2C=C[C@@H](C2)N1[C@@H](C)c1ccccc1.C[C@H](N)c1ccccc1.O=C(NCc1c(F)cc(F)cc1F)c1cn2c(c(O)c1=O)C(=O)N1C3CC([C@@H]4C[C@H]34)[C@@H]1C2.O=C(O)C(O)O.S. The molecule has 5 heterocycles. The highest BCUT2D eigenvalue weighted by Crippen LogP contribution is 2.66. The number of fused-ring (bicyclic) bond motifs is 16. The summed E-state index contributed by atoms with van der Waals surface area (Å²) in [5, 5.41) is 50.8. The van der Waals surface area contributed by atoms with Crippen molar-refractivity contribution in [3.8, 4) is 5.75 Å². The van der Waals surface area contributed by atoms with E-state index < -0.39 is 88.6 Å². The Hall–Kier alpha value is -10.1. The van der Waals surface area contributed by atoms with Gasteiger partial charge in [0.15, 0.2) is 11.4 Å². The Morgan fingerprint density at radius 3 is 1.56 bits per heavy atom. The Labute approximate surface area is 686 Å². The number of carbonyl (C=O) groups excluding carboxylic acids is 6. The Bertz CT molecular complexity index is 4440. The molecule has 4 saturated carbocycles. The summed E-state index contributed by atoms with van der Waals surface area (Å²) in [4.78, 5) is 103. The minimum absolute atomic E-state index is 0. The highest BCUT2D eigenvalue weighted by Gasteiger charge is 2.68. The molecular formula is C87H110F3N7O19S. The fourth-order valence-corrected chi connectivity index (χ4v) is 16.7. The number of aliphatic hydroxyl groups is 4. The zero-order valence-electron chi connectivity index (χ0n) is 66.4. The van der Waals surface area contributed by atoms with Crippen molar-refractivity contribution in [1.82, 2.24) is 24.6 Å². The quantitative estimate of drug-likeness (QED) is 0.0147. The number of allylic oxidation sites excluding steroid dienone is 4. The smallest absolute Gasteiger partial charge is 0.362 e. The predicted octanol–water partition coefficient (Wildman–Crippen LogP) is 10.0. The van der Waals surface area contributed by atoms with Gasteiger partial charge in [0.1, 0.15) is 41.3 Å². The van der Waals surface area contributed by atoms with E-state index >= 15 is 0 Å². The number of aliphatic imine (C=N–C) groups is 1. The summed E-state index contributed by atoms with van der Waals surface area (Å²) >= 11 is 0. The van der Waals surface area contributed by atoms with Crippen molar-refractivity contribution >= 4 is 61.4 Å². The van der Waals surface area contributed by atoms with Gasteiger partial charge in [-0.15, -0.1) is 0 Å². The third kappa shape index (κ3) is 23.6. The second-order valence-electron chi connectivity index (χ2n) is 29.0. The zero-order chi connectivity index (χ0) is 84.1. The van der Waals surface area contributed by atoms with E-state index in [1.807, 2.05) is 98.8 Å². The molecule has 0 spiro atoms. The molecule has 18 atom stereocenters. The number of nitrogens with two attached hydrogens (primary N) is 1. The van der Waals surface area contributed by atoms with Gasteiger partial charge in [0.05, 0.1) is 40.5 Å². The van der Waals surface area contributed by atoms with Gasteiger partial charge in [0, 0.05) is 93.4 Å². The van der Waals surface area contributed by atoms with E-state index in [1.165, 1.54) is 82.1 Å². The van der Waals surface area contributed by atoms with Gasteiger partial charge in [-0.25, -0.2) is 27.6 Å². The molecule has 16 rings (SSSR count). The van der Waals surface area contributed by atoms with Gasteiger partial charge in [-0.05, 0) is 124 Å². The topological polar surface area (TPSA) is 369 Å². The highest BCUT2D eigenvalue weighted by atomic mass is 32.1. The number of methoxy groups -OCH3 is 5. The molecular weight excluding hydrogens is 1540 g/mol. The average Bonchev–Trinajstić information content (AvgIpc) is 1.52. The van der Waals surface area contributed by atoms with Crippen molar-refractivity contribution in [2.45, 2.75) is 160 Å². The number of likely N-dealkylation sites (tertiary alicyclic amines) is 2. The van der Waals surface area contributed by atoms with Crippen molar-refractivity contribution < 1.29 is 101 Å². The third-order valence-corrected chi connectivity index (χ3v) is 22.3. The fourth-order valence-electron chi connectivity index (χ4n) is 16.7. The number of nitrogens with zero attached hydrogens (tertiary/aromatic N) is 5. The summed E-state index contributed by atoms with van der Waals surface area (Å²) in [6, 6.07) is 43.2. The number of carbonyl (C=O) groups is 7. The lowest BCUT2D eigenvalue weighted by Gasteiger charge is -2.40. The molecule has 1 aromatic heterocycles. The maximum absolute atomic E-state index is 13.8. The lowest BCUT2D eigenvalue weighted by molar-refractivity contribution is -0.174. The number of halogens is 3. The number of esters is 4. The minimum Gasteiger partial charge on any atom is -0.503 e. The first kappa shape index (κ1) is 95.7. The number of hydrogen-bond acceptors (Lipinski definition) is 22. The number of hydrogen-bond donors (Lipinski definition) is 8. The summed E-state index contributed by atoms with van der Waals surface area (Å²) in [5.74, 6) is -4.62. The van der Waals surface area contributed by atoms with Crippen LogP contribution in [0.1, 0.15) is 146 Å². The van der Waals surface area contributed by atoms with E-state index in [4.69, 9.17) is 40.7 Å². The molecule has 10 aliphatic rings. The average molecular weight is 1650 g/mol. The number of pyridine rings is 1. The third-order valence-electron chi connectivity index (χ3n) is 22.3. The number of aliphatic carboxylic acids is 1. The van der Waals surface area contributed by atoms with Gasteiger partial charge in [-0.2, -0.15) is 13.5 Å². The largest absolute Gasteiger partial charge is 0.503 e. The monoisotopic (exact) mass is 1650 g/mol. The first-order chi connectivity index (χ1) is 55.1. The van der Waals surface area contributed by atoms with Crippen molar-refractivity contribution in [3.63, 3.8) is 0 Å². The van der Waals surface area contributed by atoms with Crippen LogP contribution in [-0.4, -0.2) is 189 Å². The summed E-state index contributed by atoms with van der Waals surface area (Å²) in [7, 11) is 7.71. The van der Waals surface area contributed by atoms with Crippen LogP contribution in [0.4, 0.5) is 13.2 Å². The van der Waals surface area contributed by atoms with E-state index in [0.717, 1.165) is 50.2 Å². The molecule has 26 nitrogen and oxygen atoms in total. The number of carboxylic acids is 1. The van der Waals surface area contributed by atoms with Gasteiger partial charge < -0.3 is 74.8 Å². The number of aliphatic hydroxyl groups excluding tert-OH is 3. The molecule has 3 saturated heterocycles. The van der Waals surface area contributed by atoms with Crippen LogP contribution >= 0.6 is 13.5 Å². The van der Waals surface area contributed by atoms with Gasteiger partial charge in [0.25, 0.3) is 24.4 Å². The maximum Gasteiger partial charge on any atom is 0.362 e. The van der Waals surface area contributed by atoms with E-state index in [-0.39, 0.29) is 86.9 Å². The van der Waals surface area contributed by atoms with Crippen LogP contribution in [0.3, 0.4) is 0 Å². The van der Waals surface area contributed by atoms with Gasteiger partial charge in [0.2, 0.25) is 5.43 Å². The Balaban J connectivity index is 0.000000221. The van der Waals surface area contributed by atoms with E-state index in [1.54, 1.807) is 4.90 Å². The molecule has 6 aliphatic carbocycles. The Morgan fingerprint density at radius 2 is 1.09 bits per heavy atom. The molecule has 4 aliphatic heterocycles. The lowest BCUT2D eigenvalue weighted by Crippen LogP contribution is -2.53. The fraction of sp³-hybridized carbons (Fsp3) is 0.437. The maximum atomic E-state index is 13.8. The summed E-state index contributed by atoms with van der Waals surface area (Å²) in [6.45, 7) is 8.04. The Kier molecular flexibility index (Phi) is 36.8. The molecule has 5 aromatic carbocycles. The zero-order valence-corrected chi connectivity index (χ0v) is 67.4. The van der Waals surface area contributed by atoms with Crippen LogP contribution in [0.2, 0.25) is 0 Å². The molecule has 0 radical (unpaired) electrons. The van der Waals surface area contributed by atoms with Crippen molar-refractivity contribution in [2.75, 3.05) is 42.7 Å². The van der Waals surface area contributed by atoms with Crippen molar-refractivity contribution in [3.05, 3.63) is 243 Å². The molecule has 117 heavy (non-hydrogen) atoms. The van der Waals surface area contributed by atoms with Crippen LogP contribution in [0.25, 0.3) is 0 Å². The normalized spacial score (nSPS) is 24.3. The number of amides is 2. The first-order valence-electron chi connectivity index (χ1n) is 37.9. The van der Waals surface area contributed by atoms with Crippen LogP contribution in [0.5, 0.6) is 5.75 Å². The molecule has 2 amide bonds. The predicted molar refractivity (Wildman–Crippen MR) is 436 cm³/mol. The number of piperidine rings is 2. The molecule has 5 unspecified atom stereocenters. The number of aromatic hydroxyl groups is 1. The van der Waals surface area contributed by atoms with Crippen LogP contribution in [0, 0.1) is 58.9 Å². The van der Waals surface area contributed by atoms with E-state index in [0.29, 0.717) is 60.4 Å². The van der Waals surface area contributed by atoms with Crippen LogP contribution in [0.15, 0.2) is 186 Å². The number of rotatable bonds is 16. The second-order valence-corrected chi connectivity index (χ2v) is 29.0. The van der Waals surface area contributed by atoms with Gasteiger partial charge in [-0.3, -0.25) is 38.8 Å². The lowest BCUT2D eigenvalue weighted by atomic mass is 9.94. The summed E-state index contributed by atoms with van der Waals surface area (Å²) in [5.41, 5.74) is 8.26. The number of benzene rings is 5. The van der Waals surface area contributed by atoms with Gasteiger partial charge in [-0.1, -0.05) is 165 Å². The number of carboxylic acid groups (broad SMARTS) is 1. The van der Waals surface area contributed by atoms with Gasteiger partial charge >= 0.3 is 29.8 Å². The first-order valence-corrected chi connectivity index (χ1v) is 37.9. The Morgan fingerprint density at radius 1 is 0.615 bits per heavy atom. The van der Waals surface area contributed by atoms with E-state index in [9.17, 15) is 56.6 Å². The summed E-state index contributed by atoms with van der Waals surface area (Å²) < 4.78 is 65.0. The number of aromatic nitrogens is 1. The van der Waals surface area contributed by atoms with Crippen molar-refractivity contribution in [1.29, 1.82) is 0 Å². The highest BCUT2D eigenvalue weighted by molar-refractivity contribution is 7.59. The molecule has 6 bridgehead atoms. The molecule has 7 fully saturated rings. The number of ether oxygens (including phenoxy) is 5. The van der Waals surface area contributed by atoms with E-state index in [2.05, 4.69) is 121 Å². The van der Waals surface area contributed by atoms with Crippen LogP contribution in [-0.2, 0) is 60.7 Å². The molecule has 9 N–H and O–H groups in total. The number of nitrogens with one attached hydrogen (secondary N) is 1. The van der Waals surface area contributed by atoms with Crippen LogP contribution < -0.4 is 16.5 Å².